The normalized spacial score (nSPS) is 29.1. The lowest BCUT2D eigenvalue weighted by Crippen LogP contribution is -2.58. The van der Waals surface area contributed by atoms with Crippen molar-refractivity contribution in [3.8, 4) is 0 Å². The van der Waals surface area contributed by atoms with Crippen molar-refractivity contribution in [1.29, 1.82) is 0 Å². The highest BCUT2D eigenvalue weighted by Gasteiger charge is 2.38. The number of rotatable bonds is 4. The van der Waals surface area contributed by atoms with E-state index in [0.29, 0.717) is 12.0 Å². The zero-order chi connectivity index (χ0) is 13.4. The lowest BCUT2D eigenvalue weighted by Gasteiger charge is -2.42. The van der Waals surface area contributed by atoms with E-state index < -0.39 is 0 Å². The molecule has 0 spiro atoms. The van der Waals surface area contributed by atoms with E-state index in [1.165, 1.54) is 28.7 Å². The Balaban J connectivity index is 1.71. The zero-order valence-electron chi connectivity index (χ0n) is 11.7. The number of halogens is 1. The van der Waals surface area contributed by atoms with Crippen LogP contribution in [-0.4, -0.2) is 30.1 Å². The maximum atomic E-state index is 3.79. The fourth-order valence-corrected chi connectivity index (χ4v) is 4.63. The molecule has 3 rings (SSSR count). The lowest BCUT2D eigenvalue weighted by atomic mass is 9.97. The first-order valence-corrected chi connectivity index (χ1v) is 9.01. The lowest BCUT2D eigenvalue weighted by molar-refractivity contribution is 0.0860. The third-order valence-corrected chi connectivity index (χ3v) is 6.40. The number of nitrogens with zero attached hydrogens (tertiary/aromatic N) is 1. The van der Waals surface area contributed by atoms with Gasteiger partial charge in [0.05, 0.1) is 0 Å². The predicted molar refractivity (Wildman–Crippen MR) is 85.6 cm³/mol. The third-order valence-electron chi connectivity index (χ3n) is 4.49. The Morgan fingerprint density at radius 3 is 2.84 bits per heavy atom. The highest BCUT2D eigenvalue weighted by atomic mass is 79.9. The first kappa shape index (κ1) is 14.1. The molecule has 2 atom stereocenters. The van der Waals surface area contributed by atoms with Crippen LogP contribution < -0.4 is 5.32 Å². The van der Waals surface area contributed by atoms with Crippen LogP contribution in [0.15, 0.2) is 15.9 Å². The van der Waals surface area contributed by atoms with Crippen LogP contribution in [0.1, 0.15) is 31.6 Å². The summed E-state index contributed by atoms with van der Waals surface area (Å²) in [4.78, 5) is 4.18. The predicted octanol–water partition coefficient (Wildman–Crippen LogP) is 3.72. The van der Waals surface area contributed by atoms with E-state index in [2.05, 4.69) is 51.4 Å². The van der Waals surface area contributed by atoms with E-state index >= 15 is 0 Å². The third kappa shape index (κ3) is 3.23. The number of piperazine rings is 1. The minimum Gasteiger partial charge on any atom is -0.311 e. The first-order valence-electron chi connectivity index (χ1n) is 7.34. The summed E-state index contributed by atoms with van der Waals surface area (Å²) >= 11 is 5.55. The molecule has 1 aromatic heterocycles. The number of hydrogen-bond donors (Lipinski definition) is 1. The Hall–Kier alpha value is 0.100. The maximum absolute atomic E-state index is 3.79. The molecule has 1 saturated carbocycles. The van der Waals surface area contributed by atoms with E-state index in [4.69, 9.17) is 0 Å². The Labute approximate surface area is 128 Å². The van der Waals surface area contributed by atoms with Crippen LogP contribution in [0.5, 0.6) is 0 Å². The maximum Gasteiger partial charge on any atom is 0.0343 e. The molecule has 1 N–H and O–H groups in total. The summed E-state index contributed by atoms with van der Waals surface area (Å²) in [6.07, 6.45) is 2.86. The Morgan fingerprint density at radius 1 is 1.47 bits per heavy atom. The standard InChI is InChI=1S/C15H23BrN2S/c1-10(2)14-7-17-13(11-3-4-11)8-18(14)9-15-12(16)5-6-19-15/h5-6,10-11,13-14,17H,3-4,7-9H2,1-2H3. The summed E-state index contributed by atoms with van der Waals surface area (Å²) in [5.74, 6) is 1.66. The SMILES string of the molecule is CC(C)C1CNC(C2CC2)CN1Cc1sccc1Br. The van der Waals surface area contributed by atoms with Gasteiger partial charge in [-0.05, 0) is 52.1 Å². The monoisotopic (exact) mass is 342 g/mol. The summed E-state index contributed by atoms with van der Waals surface area (Å²) in [5, 5.41) is 5.97. The van der Waals surface area contributed by atoms with Crippen LogP contribution in [0, 0.1) is 11.8 Å². The largest absolute Gasteiger partial charge is 0.311 e. The summed E-state index contributed by atoms with van der Waals surface area (Å²) in [6.45, 7) is 8.17. The van der Waals surface area contributed by atoms with Crippen molar-refractivity contribution in [1.82, 2.24) is 10.2 Å². The van der Waals surface area contributed by atoms with E-state index in [0.717, 1.165) is 25.0 Å². The van der Waals surface area contributed by atoms with Crippen molar-refractivity contribution in [3.05, 3.63) is 20.8 Å². The van der Waals surface area contributed by atoms with Gasteiger partial charge in [0, 0.05) is 41.1 Å². The molecule has 2 nitrogen and oxygen atoms in total. The average Bonchev–Trinajstić information content (AvgIpc) is 3.15. The fourth-order valence-electron chi connectivity index (χ4n) is 3.13. The summed E-state index contributed by atoms with van der Waals surface area (Å²) in [5.41, 5.74) is 0. The van der Waals surface area contributed by atoms with Gasteiger partial charge in [0.1, 0.15) is 0 Å². The molecule has 19 heavy (non-hydrogen) atoms. The Kier molecular flexibility index (Phi) is 4.32. The van der Waals surface area contributed by atoms with Crippen molar-refractivity contribution in [3.63, 3.8) is 0 Å². The molecule has 1 aromatic rings. The molecule has 106 valence electrons. The van der Waals surface area contributed by atoms with E-state index in [-0.39, 0.29) is 0 Å². The molecule has 1 aliphatic heterocycles. The van der Waals surface area contributed by atoms with Crippen molar-refractivity contribution < 1.29 is 0 Å². The van der Waals surface area contributed by atoms with Crippen LogP contribution in [0.4, 0.5) is 0 Å². The molecule has 0 amide bonds. The van der Waals surface area contributed by atoms with Crippen LogP contribution in [0.25, 0.3) is 0 Å². The number of hydrogen-bond acceptors (Lipinski definition) is 3. The van der Waals surface area contributed by atoms with Crippen LogP contribution >= 0.6 is 27.3 Å². The molecule has 1 saturated heterocycles. The molecule has 0 aromatic carbocycles. The first-order chi connectivity index (χ1) is 9.15. The highest BCUT2D eigenvalue weighted by Crippen LogP contribution is 2.35. The molecule has 2 unspecified atom stereocenters. The molecule has 4 heteroatoms. The second kappa shape index (κ2) is 5.84. The molecule has 2 heterocycles. The summed E-state index contributed by atoms with van der Waals surface area (Å²) in [7, 11) is 0. The molecule has 0 bridgehead atoms. The van der Waals surface area contributed by atoms with Crippen LogP contribution in [-0.2, 0) is 6.54 Å². The van der Waals surface area contributed by atoms with Gasteiger partial charge in [-0.15, -0.1) is 11.3 Å². The van der Waals surface area contributed by atoms with Gasteiger partial charge in [-0.25, -0.2) is 0 Å². The van der Waals surface area contributed by atoms with Gasteiger partial charge in [0.25, 0.3) is 0 Å². The van der Waals surface area contributed by atoms with Crippen molar-refractivity contribution >= 4 is 27.3 Å². The molecular weight excluding hydrogens is 320 g/mol. The van der Waals surface area contributed by atoms with Crippen LogP contribution in [0.2, 0.25) is 0 Å². The average molecular weight is 343 g/mol. The summed E-state index contributed by atoms with van der Waals surface area (Å²) < 4.78 is 1.28. The topological polar surface area (TPSA) is 15.3 Å². The Bertz CT molecular complexity index is 428. The number of thiophene rings is 1. The van der Waals surface area contributed by atoms with Gasteiger partial charge in [-0.3, -0.25) is 4.90 Å². The molecule has 2 aliphatic rings. The minimum absolute atomic E-state index is 0.670. The second-order valence-corrected chi connectivity index (χ2v) is 8.14. The van der Waals surface area contributed by atoms with Gasteiger partial charge in [0.15, 0.2) is 0 Å². The van der Waals surface area contributed by atoms with Gasteiger partial charge in [0.2, 0.25) is 0 Å². The highest BCUT2D eigenvalue weighted by molar-refractivity contribution is 9.10. The quantitative estimate of drug-likeness (QED) is 0.896. The van der Waals surface area contributed by atoms with E-state index in [9.17, 15) is 0 Å². The van der Waals surface area contributed by atoms with Crippen molar-refractivity contribution in [2.24, 2.45) is 11.8 Å². The van der Waals surface area contributed by atoms with E-state index in [1.807, 2.05) is 11.3 Å². The van der Waals surface area contributed by atoms with Gasteiger partial charge in [-0.2, -0.15) is 0 Å². The van der Waals surface area contributed by atoms with Gasteiger partial charge >= 0.3 is 0 Å². The Morgan fingerprint density at radius 2 is 2.26 bits per heavy atom. The van der Waals surface area contributed by atoms with E-state index in [1.54, 1.807) is 0 Å². The minimum atomic E-state index is 0.670. The van der Waals surface area contributed by atoms with Crippen LogP contribution in [0.3, 0.4) is 0 Å². The van der Waals surface area contributed by atoms with Crippen molar-refractivity contribution in [2.75, 3.05) is 13.1 Å². The number of nitrogens with one attached hydrogen (secondary N) is 1. The smallest absolute Gasteiger partial charge is 0.0343 e. The molecule has 1 aliphatic carbocycles. The summed E-state index contributed by atoms with van der Waals surface area (Å²) in [6, 6.07) is 3.57. The van der Waals surface area contributed by atoms with Crippen molar-refractivity contribution in [2.45, 2.75) is 45.3 Å². The molecule has 2 fully saturated rings. The fraction of sp³-hybridized carbons (Fsp3) is 0.733. The van der Waals surface area contributed by atoms with Gasteiger partial charge < -0.3 is 5.32 Å². The molecule has 0 radical (unpaired) electrons. The van der Waals surface area contributed by atoms with Gasteiger partial charge in [-0.1, -0.05) is 13.8 Å². The zero-order valence-corrected chi connectivity index (χ0v) is 14.1. The molecular formula is C15H23BrN2S. The second-order valence-electron chi connectivity index (χ2n) is 6.28.